The molecule has 1 aliphatic rings. The van der Waals surface area contributed by atoms with Crippen LogP contribution in [0.1, 0.15) is 37.8 Å². The molecule has 0 amide bonds. The number of hydrogen-bond donors (Lipinski definition) is 1. The van der Waals surface area contributed by atoms with E-state index in [9.17, 15) is 4.79 Å². The number of piperidine rings is 1. The Bertz CT molecular complexity index is 644. The van der Waals surface area contributed by atoms with Crippen LogP contribution < -0.4 is 10.1 Å². The Labute approximate surface area is 186 Å². The minimum Gasteiger partial charge on any atom is -0.496 e. The van der Waals surface area contributed by atoms with E-state index in [0.29, 0.717) is 13.2 Å². The van der Waals surface area contributed by atoms with E-state index < -0.39 is 0 Å². The summed E-state index contributed by atoms with van der Waals surface area (Å²) >= 11 is 0. The first-order valence-electron chi connectivity index (χ1n) is 9.92. The monoisotopic (exact) mass is 503 g/mol. The molecule has 7 heteroatoms. The van der Waals surface area contributed by atoms with E-state index in [1.165, 1.54) is 5.56 Å². The van der Waals surface area contributed by atoms with Gasteiger partial charge in [0.15, 0.2) is 5.96 Å². The lowest BCUT2D eigenvalue weighted by Gasteiger charge is -2.33. The van der Waals surface area contributed by atoms with Crippen molar-refractivity contribution in [3.63, 3.8) is 0 Å². The molecule has 158 valence electrons. The van der Waals surface area contributed by atoms with Crippen LogP contribution in [0, 0.1) is 12.8 Å². The molecule has 1 aliphatic heterocycles. The summed E-state index contributed by atoms with van der Waals surface area (Å²) in [5.74, 6) is 1.81. The number of hydrogen-bond acceptors (Lipinski definition) is 4. The van der Waals surface area contributed by atoms with Crippen molar-refractivity contribution in [2.75, 3.05) is 39.9 Å². The van der Waals surface area contributed by atoms with E-state index in [0.717, 1.165) is 56.2 Å². The number of benzene rings is 1. The van der Waals surface area contributed by atoms with Crippen molar-refractivity contribution in [2.45, 2.75) is 40.0 Å². The molecule has 28 heavy (non-hydrogen) atoms. The third kappa shape index (κ3) is 7.14. The maximum absolute atomic E-state index is 11.9. The zero-order chi connectivity index (χ0) is 19.6. The van der Waals surface area contributed by atoms with Gasteiger partial charge in [0.25, 0.3) is 0 Å². The van der Waals surface area contributed by atoms with Gasteiger partial charge < -0.3 is 19.7 Å². The van der Waals surface area contributed by atoms with Crippen LogP contribution in [0.4, 0.5) is 0 Å². The zero-order valence-corrected chi connectivity index (χ0v) is 19.8. The number of esters is 1. The molecule has 1 aromatic carbocycles. The van der Waals surface area contributed by atoms with Gasteiger partial charge in [0.05, 0.1) is 19.6 Å². The smallest absolute Gasteiger partial charge is 0.309 e. The van der Waals surface area contributed by atoms with Gasteiger partial charge >= 0.3 is 5.97 Å². The highest BCUT2D eigenvalue weighted by Crippen LogP contribution is 2.20. The number of aryl methyl sites for hydroxylation is 1. The third-order valence-electron chi connectivity index (χ3n) is 4.88. The van der Waals surface area contributed by atoms with Gasteiger partial charge in [-0.05, 0) is 57.2 Å². The van der Waals surface area contributed by atoms with Crippen LogP contribution in [-0.4, -0.2) is 56.7 Å². The number of halogens is 1. The van der Waals surface area contributed by atoms with Gasteiger partial charge in [0.1, 0.15) is 5.75 Å². The van der Waals surface area contributed by atoms with E-state index >= 15 is 0 Å². The normalized spacial score (nSPS) is 15.0. The molecule has 0 atom stereocenters. The molecule has 1 N–H and O–H groups in total. The molecule has 1 fully saturated rings. The Morgan fingerprint density at radius 2 is 2.00 bits per heavy atom. The van der Waals surface area contributed by atoms with Crippen LogP contribution in [0.25, 0.3) is 0 Å². The largest absolute Gasteiger partial charge is 0.496 e. The van der Waals surface area contributed by atoms with Crippen LogP contribution in [0.5, 0.6) is 5.75 Å². The van der Waals surface area contributed by atoms with Gasteiger partial charge in [-0.25, -0.2) is 0 Å². The maximum Gasteiger partial charge on any atom is 0.309 e. The van der Waals surface area contributed by atoms with Crippen molar-refractivity contribution in [2.24, 2.45) is 10.9 Å². The Morgan fingerprint density at radius 3 is 2.61 bits per heavy atom. The molecule has 1 saturated heterocycles. The predicted octanol–water partition coefficient (Wildman–Crippen LogP) is 3.40. The highest BCUT2D eigenvalue weighted by atomic mass is 127. The van der Waals surface area contributed by atoms with Gasteiger partial charge in [-0.3, -0.25) is 9.79 Å². The van der Waals surface area contributed by atoms with Gasteiger partial charge in [-0.15, -0.1) is 24.0 Å². The molecule has 1 heterocycles. The highest BCUT2D eigenvalue weighted by molar-refractivity contribution is 14.0. The van der Waals surface area contributed by atoms with E-state index in [-0.39, 0.29) is 35.9 Å². The standard InChI is InChI=1S/C21H33N3O3.HI/c1-5-22-21(24-13-10-18(11-14-24)20(25)27-6-2)23-12-9-17-8-7-16(3)19(15-17)26-4;/h7-8,15,18H,5-6,9-14H2,1-4H3,(H,22,23);1H. The van der Waals surface area contributed by atoms with Crippen LogP contribution in [0.15, 0.2) is 23.2 Å². The average Bonchev–Trinajstić information content (AvgIpc) is 2.69. The average molecular weight is 503 g/mol. The molecule has 0 bridgehead atoms. The molecule has 2 rings (SSSR count). The Balaban J connectivity index is 0.00000392. The van der Waals surface area contributed by atoms with E-state index in [1.54, 1.807) is 7.11 Å². The first-order valence-corrected chi connectivity index (χ1v) is 9.92. The Hall–Kier alpha value is -1.51. The fourth-order valence-electron chi connectivity index (χ4n) is 3.32. The lowest BCUT2D eigenvalue weighted by molar-refractivity contribution is -0.149. The molecular weight excluding hydrogens is 469 g/mol. The number of carbonyl (C=O) groups excluding carboxylic acids is 1. The SMILES string of the molecule is CCNC(=NCCc1ccc(C)c(OC)c1)N1CCC(C(=O)OCC)CC1.I. The van der Waals surface area contributed by atoms with Gasteiger partial charge in [0, 0.05) is 26.2 Å². The van der Waals surface area contributed by atoms with Crippen LogP contribution >= 0.6 is 24.0 Å². The number of ether oxygens (including phenoxy) is 2. The van der Waals surface area contributed by atoms with Crippen LogP contribution in [-0.2, 0) is 16.0 Å². The second kappa shape index (κ2) is 12.9. The zero-order valence-electron chi connectivity index (χ0n) is 17.5. The summed E-state index contributed by atoms with van der Waals surface area (Å²) in [6.45, 7) is 9.62. The van der Waals surface area contributed by atoms with Crippen molar-refractivity contribution in [3.8, 4) is 5.75 Å². The number of nitrogens with zero attached hydrogens (tertiary/aromatic N) is 2. The number of carbonyl (C=O) groups is 1. The summed E-state index contributed by atoms with van der Waals surface area (Å²) in [6, 6.07) is 6.30. The van der Waals surface area contributed by atoms with E-state index in [1.807, 2.05) is 13.8 Å². The van der Waals surface area contributed by atoms with Crippen molar-refractivity contribution in [3.05, 3.63) is 29.3 Å². The summed E-state index contributed by atoms with van der Waals surface area (Å²) < 4.78 is 10.6. The Kier molecular flexibility index (Phi) is 11.3. The maximum atomic E-state index is 11.9. The summed E-state index contributed by atoms with van der Waals surface area (Å²) in [7, 11) is 1.70. The molecule has 0 aliphatic carbocycles. The minimum absolute atomic E-state index is 0. The summed E-state index contributed by atoms with van der Waals surface area (Å²) in [4.78, 5) is 18.9. The van der Waals surface area contributed by atoms with Crippen molar-refractivity contribution >= 4 is 35.9 Å². The van der Waals surface area contributed by atoms with Gasteiger partial charge in [0.2, 0.25) is 0 Å². The number of likely N-dealkylation sites (tertiary alicyclic amines) is 1. The predicted molar refractivity (Wildman–Crippen MR) is 124 cm³/mol. The summed E-state index contributed by atoms with van der Waals surface area (Å²) in [6.07, 6.45) is 2.50. The number of rotatable bonds is 7. The van der Waals surface area contributed by atoms with E-state index in [4.69, 9.17) is 14.5 Å². The van der Waals surface area contributed by atoms with Gasteiger partial charge in [-0.1, -0.05) is 12.1 Å². The molecule has 0 aromatic heterocycles. The number of methoxy groups -OCH3 is 1. The van der Waals surface area contributed by atoms with Crippen molar-refractivity contribution in [1.82, 2.24) is 10.2 Å². The molecular formula is C21H34IN3O3. The first-order chi connectivity index (χ1) is 13.1. The molecule has 6 nitrogen and oxygen atoms in total. The minimum atomic E-state index is -0.0626. The van der Waals surface area contributed by atoms with Crippen LogP contribution in [0.2, 0.25) is 0 Å². The molecule has 0 radical (unpaired) electrons. The summed E-state index contributed by atoms with van der Waals surface area (Å²) in [5.41, 5.74) is 2.36. The molecule has 0 unspecified atom stereocenters. The summed E-state index contributed by atoms with van der Waals surface area (Å²) in [5, 5.41) is 3.37. The second-order valence-electron chi connectivity index (χ2n) is 6.80. The van der Waals surface area contributed by atoms with Gasteiger partial charge in [-0.2, -0.15) is 0 Å². The quantitative estimate of drug-likeness (QED) is 0.268. The fraction of sp³-hybridized carbons (Fsp3) is 0.619. The fourth-order valence-corrected chi connectivity index (χ4v) is 3.32. The van der Waals surface area contributed by atoms with E-state index in [2.05, 4.69) is 35.3 Å². The van der Waals surface area contributed by atoms with Crippen molar-refractivity contribution in [1.29, 1.82) is 0 Å². The topological polar surface area (TPSA) is 63.2 Å². The second-order valence-corrected chi connectivity index (χ2v) is 6.80. The highest BCUT2D eigenvalue weighted by Gasteiger charge is 2.27. The first kappa shape index (κ1) is 24.5. The third-order valence-corrected chi connectivity index (χ3v) is 4.88. The lowest BCUT2D eigenvalue weighted by Crippen LogP contribution is -2.46. The van der Waals surface area contributed by atoms with Crippen molar-refractivity contribution < 1.29 is 14.3 Å². The Morgan fingerprint density at radius 1 is 1.29 bits per heavy atom. The number of aliphatic imine (C=N–C) groups is 1. The molecule has 1 aromatic rings. The molecule has 0 spiro atoms. The number of nitrogens with one attached hydrogen (secondary N) is 1. The lowest BCUT2D eigenvalue weighted by atomic mass is 9.97. The van der Waals surface area contributed by atoms with Crippen LogP contribution in [0.3, 0.4) is 0 Å². The molecule has 0 saturated carbocycles. The number of guanidine groups is 1.